The number of hydrogen-bond donors (Lipinski definition) is 0. The van der Waals surface area contributed by atoms with Gasteiger partial charge in [-0.05, 0) is 29.8 Å². The molecule has 104 valence electrons. The lowest BCUT2D eigenvalue weighted by Gasteiger charge is -2.03. The zero-order valence-corrected chi connectivity index (χ0v) is 12.2. The second-order valence-electron chi connectivity index (χ2n) is 4.62. The van der Waals surface area contributed by atoms with Crippen LogP contribution in [-0.4, -0.2) is 6.29 Å². The van der Waals surface area contributed by atoms with Crippen LogP contribution in [0.25, 0.3) is 11.3 Å². The molecule has 2 aromatic carbocycles. The Kier molecular flexibility index (Phi) is 4.22. The highest BCUT2D eigenvalue weighted by atomic mass is 32.2. The Bertz CT molecular complexity index is 714. The second kappa shape index (κ2) is 6.46. The van der Waals surface area contributed by atoms with Crippen molar-refractivity contribution in [3.8, 4) is 11.3 Å². The molecular formula is C18H14O2S. The fourth-order valence-corrected chi connectivity index (χ4v) is 2.88. The SMILES string of the molecule is O=Cc1ccc(-c2ccc(SCc3ccccc3)cc2)o1. The molecule has 0 amide bonds. The summed E-state index contributed by atoms with van der Waals surface area (Å²) in [4.78, 5) is 11.8. The maximum atomic E-state index is 10.6. The molecule has 0 saturated heterocycles. The van der Waals surface area contributed by atoms with Crippen molar-refractivity contribution in [1.29, 1.82) is 0 Å². The van der Waals surface area contributed by atoms with Crippen LogP contribution in [0.3, 0.4) is 0 Å². The number of carbonyl (C=O) groups excluding carboxylic acids is 1. The number of hydrogen-bond acceptors (Lipinski definition) is 3. The van der Waals surface area contributed by atoms with Gasteiger partial charge in [-0.1, -0.05) is 42.5 Å². The molecule has 0 saturated carbocycles. The normalized spacial score (nSPS) is 10.5. The standard InChI is InChI=1S/C18H14O2S/c19-12-16-8-11-18(20-16)15-6-9-17(10-7-15)21-13-14-4-2-1-3-5-14/h1-12H,13H2. The first-order chi connectivity index (χ1) is 10.3. The summed E-state index contributed by atoms with van der Waals surface area (Å²) in [7, 11) is 0. The molecule has 3 rings (SSSR count). The van der Waals surface area contributed by atoms with Crippen molar-refractivity contribution >= 4 is 18.0 Å². The molecule has 21 heavy (non-hydrogen) atoms. The van der Waals surface area contributed by atoms with Crippen LogP contribution in [-0.2, 0) is 5.75 Å². The van der Waals surface area contributed by atoms with E-state index in [0.29, 0.717) is 12.0 Å². The molecule has 0 N–H and O–H groups in total. The Morgan fingerprint density at radius 1 is 0.905 bits per heavy atom. The molecule has 0 spiro atoms. The summed E-state index contributed by atoms with van der Waals surface area (Å²) in [6.45, 7) is 0. The molecule has 1 aromatic heterocycles. The van der Waals surface area contributed by atoms with Crippen LogP contribution < -0.4 is 0 Å². The van der Waals surface area contributed by atoms with Crippen LogP contribution >= 0.6 is 11.8 Å². The summed E-state index contributed by atoms with van der Waals surface area (Å²) in [5.74, 6) is 2.03. The number of benzene rings is 2. The Hall–Kier alpha value is -2.26. The molecule has 0 bridgehead atoms. The highest BCUT2D eigenvalue weighted by Gasteiger charge is 2.04. The molecule has 1 heterocycles. The molecule has 3 aromatic rings. The van der Waals surface area contributed by atoms with Crippen LogP contribution in [0.1, 0.15) is 16.1 Å². The number of carbonyl (C=O) groups is 1. The zero-order valence-electron chi connectivity index (χ0n) is 11.4. The van der Waals surface area contributed by atoms with Gasteiger partial charge in [0, 0.05) is 16.2 Å². The fraction of sp³-hybridized carbons (Fsp3) is 0.0556. The maximum absolute atomic E-state index is 10.6. The third-order valence-corrected chi connectivity index (χ3v) is 4.21. The molecule has 0 aliphatic heterocycles. The summed E-state index contributed by atoms with van der Waals surface area (Å²) < 4.78 is 5.41. The van der Waals surface area contributed by atoms with Crippen LogP contribution in [0.4, 0.5) is 0 Å². The third-order valence-electron chi connectivity index (χ3n) is 3.13. The lowest BCUT2D eigenvalue weighted by Crippen LogP contribution is -1.80. The van der Waals surface area contributed by atoms with E-state index in [2.05, 4.69) is 36.4 Å². The maximum Gasteiger partial charge on any atom is 0.185 e. The lowest BCUT2D eigenvalue weighted by molar-refractivity contribution is 0.110. The molecule has 2 nitrogen and oxygen atoms in total. The van der Waals surface area contributed by atoms with Crippen LogP contribution in [0.5, 0.6) is 0 Å². The van der Waals surface area contributed by atoms with Crippen molar-refractivity contribution in [3.63, 3.8) is 0 Å². The van der Waals surface area contributed by atoms with Gasteiger partial charge in [0.1, 0.15) is 5.76 Å². The van der Waals surface area contributed by atoms with Crippen molar-refractivity contribution in [2.45, 2.75) is 10.6 Å². The highest BCUT2D eigenvalue weighted by Crippen LogP contribution is 2.27. The summed E-state index contributed by atoms with van der Waals surface area (Å²) in [6.07, 6.45) is 0.716. The number of thioether (sulfide) groups is 1. The van der Waals surface area contributed by atoms with Gasteiger partial charge < -0.3 is 4.42 Å². The number of furan rings is 1. The van der Waals surface area contributed by atoms with E-state index >= 15 is 0 Å². The molecule has 0 unspecified atom stereocenters. The Balaban J connectivity index is 1.68. The van der Waals surface area contributed by atoms with Gasteiger partial charge in [-0.25, -0.2) is 0 Å². The quantitative estimate of drug-likeness (QED) is 0.487. The van der Waals surface area contributed by atoms with Gasteiger partial charge in [0.05, 0.1) is 0 Å². The van der Waals surface area contributed by atoms with E-state index in [-0.39, 0.29) is 0 Å². The molecule has 0 aliphatic carbocycles. The van der Waals surface area contributed by atoms with Crippen molar-refractivity contribution in [2.24, 2.45) is 0 Å². The number of rotatable bonds is 5. The van der Waals surface area contributed by atoms with Crippen molar-refractivity contribution < 1.29 is 9.21 Å². The third kappa shape index (κ3) is 3.44. The first-order valence-electron chi connectivity index (χ1n) is 6.67. The predicted octanol–water partition coefficient (Wildman–Crippen LogP) is 5.05. The van der Waals surface area contributed by atoms with Crippen LogP contribution in [0, 0.1) is 0 Å². The van der Waals surface area contributed by atoms with Gasteiger partial charge in [-0.3, -0.25) is 4.79 Å². The van der Waals surface area contributed by atoms with Gasteiger partial charge in [0.15, 0.2) is 12.0 Å². The van der Waals surface area contributed by atoms with E-state index in [0.717, 1.165) is 17.1 Å². The lowest BCUT2D eigenvalue weighted by atomic mass is 10.2. The first-order valence-corrected chi connectivity index (χ1v) is 7.66. The Morgan fingerprint density at radius 3 is 2.33 bits per heavy atom. The molecule has 3 heteroatoms. The molecule has 0 aliphatic rings. The second-order valence-corrected chi connectivity index (χ2v) is 5.67. The van der Waals surface area contributed by atoms with Gasteiger partial charge in [0.2, 0.25) is 0 Å². The summed E-state index contributed by atoms with van der Waals surface area (Å²) >= 11 is 1.80. The van der Waals surface area contributed by atoms with Crippen molar-refractivity contribution in [3.05, 3.63) is 78.1 Å². The predicted molar refractivity (Wildman–Crippen MR) is 85.5 cm³/mol. The number of aldehydes is 1. The largest absolute Gasteiger partial charge is 0.453 e. The highest BCUT2D eigenvalue weighted by molar-refractivity contribution is 7.98. The molecule has 0 atom stereocenters. The van der Waals surface area contributed by atoms with Gasteiger partial charge in [0.25, 0.3) is 0 Å². The van der Waals surface area contributed by atoms with Gasteiger partial charge in [-0.15, -0.1) is 11.8 Å². The van der Waals surface area contributed by atoms with Crippen LogP contribution in [0.2, 0.25) is 0 Å². The molecule has 0 fully saturated rings. The fourth-order valence-electron chi connectivity index (χ4n) is 2.03. The average molecular weight is 294 g/mol. The summed E-state index contributed by atoms with van der Waals surface area (Å²) in [6, 6.07) is 22.1. The van der Waals surface area contributed by atoms with E-state index in [4.69, 9.17) is 4.42 Å². The topological polar surface area (TPSA) is 30.2 Å². The minimum atomic E-state index is 0.354. The van der Waals surface area contributed by atoms with Crippen molar-refractivity contribution in [2.75, 3.05) is 0 Å². The van der Waals surface area contributed by atoms with E-state index < -0.39 is 0 Å². The van der Waals surface area contributed by atoms with E-state index in [1.807, 2.05) is 24.3 Å². The first kappa shape index (κ1) is 13.7. The van der Waals surface area contributed by atoms with Gasteiger partial charge >= 0.3 is 0 Å². The Labute approximate surface area is 127 Å². The smallest absolute Gasteiger partial charge is 0.185 e. The minimum absolute atomic E-state index is 0.354. The van der Waals surface area contributed by atoms with E-state index in [1.54, 1.807) is 17.8 Å². The van der Waals surface area contributed by atoms with E-state index in [1.165, 1.54) is 10.5 Å². The summed E-state index contributed by atoms with van der Waals surface area (Å²) in [5.41, 5.74) is 2.29. The van der Waals surface area contributed by atoms with Crippen molar-refractivity contribution in [1.82, 2.24) is 0 Å². The molecule has 0 radical (unpaired) electrons. The molecular weight excluding hydrogens is 280 g/mol. The minimum Gasteiger partial charge on any atom is -0.453 e. The van der Waals surface area contributed by atoms with Gasteiger partial charge in [-0.2, -0.15) is 0 Å². The Morgan fingerprint density at radius 2 is 1.67 bits per heavy atom. The monoisotopic (exact) mass is 294 g/mol. The zero-order chi connectivity index (χ0) is 14.5. The summed E-state index contributed by atoms with van der Waals surface area (Å²) in [5, 5.41) is 0. The van der Waals surface area contributed by atoms with E-state index in [9.17, 15) is 4.79 Å². The van der Waals surface area contributed by atoms with Crippen LogP contribution in [0.15, 0.2) is 76.0 Å². The average Bonchev–Trinajstić information content (AvgIpc) is 3.03.